The Morgan fingerprint density at radius 1 is 1.00 bits per heavy atom. The van der Waals surface area contributed by atoms with Crippen molar-refractivity contribution in [3.8, 4) is 5.69 Å². The molecule has 0 spiro atoms. The van der Waals surface area contributed by atoms with Crippen molar-refractivity contribution in [1.82, 2.24) is 9.78 Å². The third-order valence-corrected chi connectivity index (χ3v) is 5.34. The number of amides is 1. The van der Waals surface area contributed by atoms with Gasteiger partial charge in [0, 0.05) is 9.26 Å². The highest BCUT2D eigenvalue weighted by molar-refractivity contribution is 14.1. The quantitative estimate of drug-likeness (QED) is 0.434. The summed E-state index contributed by atoms with van der Waals surface area (Å²) in [5, 5.41) is 8.65. The van der Waals surface area contributed by atoms with Gasteiger partial charge in [-0.2, -0.15) is 10.1 Å². The molecule has 2 aromatic carbocycles. The molecular formula is C21H16FIN4O2. The van der Waals surface area contributed by atoms with Crippen LogP contribution < -0.4 is 10.6 Å². The third kappa shape index (κ3) is 3.55. The van der Waals surface area contributed by atoms with Crippen molar-refractivity contribution in [1.29, 1.82) is 0 Å². The van der Waals surface area contributed by atoms with Gasteiger partial charge in [0.2, 0.25) is 0 Å². The highest BCUT2D eigenvalue weighted by atomic mass is 127. The van der Waals surface area contributed by atoms with E-state index in [1.165, 1.54) is 34.0 Å². The Bertz CT molecular complexity index is 1220. The summed E-state index contributed by atoms with van der Waals surface area (Å²) in [6, 6.07) is 13.0. The first kappa shape index (κ1) is 19.3. The van der Waals surface area contributed by atoms with Crippen molar-refractivity contribution in [3.63, 3.8) is 0 Å². The number of rotatable bonds is 3. The fourth-order valence-electron chi connectivity index (χ4n) is 3.09. The molecule has 0 fully saturated rings. The average Bonchev–Trinajstić information content (AvgIpc) is 3.14. The van der Waals surface area contributed by atoms with Gasteiger partial charge in [-0.3, -0.25) is 14.7 Å². The molecule has 0 radical (unpaired) electrons. The average molecular weight is 502 g/mol. The smallest absolute Gasteiger partial charge is 0.280 e. The lowest BCUT2D eigenvalue weighted by atomic mass is 10.1. The van der Waals surface area contributed by atoms with Crippen LogP contribution in [-0.2, 0) is 4.79 Å². The van der Waals surface area contributed by atoms with Crippen LogP contribution in [0.1, 0.15) is 18.2 Å². The molecule has 0 unspecified atom stereocenters. The van der Waals surface area contributed by atoms with Crippen molar-refractivity contribution in [2.24, 2.45) is 5.10 Å². The van der Waals surface area contributed by atoms with Gasteiger partial charge in [-0.05, 0) is 91.0 Å². The second-order valence-electron chi connectivity index (χ2n) is 6.60. The Labute approximate surface area is 179 Å². The Hall–Kier alpha value is -3.01. The van der Waals surface area contributed by atoms with Gasteiger partial charge in [-0.1, -0.05) is 0 Å². The zero-order valence-corrected chi connectivity index (χ0v) is 17.8. The molecule has 1 N–H and O–H groups in total. The molecule has 0 aliphatic carbocycles. The molecule has 6 nitrogen and oxygen atoms in total. The number of benzene rings is 2. The van der Waals surface area contributed by atoms with Gasteiger partial charge >= 0.3 is 0 Å². The molecule has 0 atom stereocenters. The molecule has 0 saturated carbocycles. The molecule has 0 saturated heterocycles. The lowest BCUT2D eigenvalue weighted by Gasteiger charge is -2.11. The van der Waals surface area contributed by atoms with Gasteiger partial charge in [0.1, 0.15) is 5.82 Å². The second-order valence-corrected chi connectivity index (χ2v) is 7.85. The van der Waals surface area contributed by atoms with E-state index in [9.17, 15) is 14.0 Å². The summed E-state index contributed by atoms with van der Waals surface area (Å²) in [5.74, 6) is -0.677. The molecular weight excluding hydrogens is 486 g/mol. The number of aromatic nitrogens is 2. The minimum atomic E-state index is -0.383. The largest absolute Gasteiger partial charge is 0.295 e. The molecule has 0 bridgehead atoms. The summed E-state index contributed by atoms with van der Waals surface area (Å²) in [6.45, 7) is 3.48. The van der Waals surface area contributed by atoms with Crippen molar-refractivity contribution in [2.45, 2.75) is 13.8 Å². The predicted molar refractivity (Wildman–Crippen MR) is 119 cm³/mol. The molecule has 1 amide bonds. The third-order valence-electron chi connectivity index (χ3n) is 4.62. The maximum absolute atomic E-state index is 13.2. The molecule has 29 heavy (non-hydrogen) atoms. The summed E-state index contributed by atoms with van der Waals surface area (Å²) in [7, 11) is 0. The minimum Gasteiger partial charge on any atom is -0.295 e. The number of carbonyl (C=O) groups is 1. The Morgan fingerprint density at radius 2 is 1.62 bits per heavy atom. The summed E-state index contributed by atoms with van der Waals surface area (Å²) < 4.78 is 15.6. The van der Waals surface area contributed by atoms with Gasteiger partial charge in [0.25, 0.3) is 11.5 Å². The normalized spacial score (nSPS) is 15.3. The minimum absolute atomic E-state index is 0.294. The summed E-state index contributed by atoms with van der Waals surface area (Å²) in [4.78, 5) is 25.8. The standard InChI is InChI=1S/C21H16FIN4O2/c1-12-18(20(28)26(24-12)16-7-3-14(22)4-8-16)11-19-13(2)25-27(21(19)29)17-9-5-15(23)6-10-17/h3-11,24H,1-2H3/b19-11+. The van der Waals surface area contributed by atoms with E-state index >= 15 is 0 Å². The number of nitrogens with one attached hydrogen (secondary N) is 1. The van der Waals surface area contributed by atoms with E-state index < -0.39 is 0 Å². The topological polar surface area (TPSA) is 70.5 Å². The number of hydrogen-bond acceptors (Lipinski definition) is 3. The number of halogens is 2. The van der Waals surface area contributed by atoms with Crippen LogP contribution in [0.4, 0.5) is 10.1 Å². The number of hydrogen-bond donors (Lipinski definition) is 1. The van der Waals surface area contributed by atoms with Gasteiger partial charge in [0.15, 0.2) is 0 Å². The van der Waals surface area contributed by atoms with E-state index in [1.807, 2.05) is 24.3 Å². The van der Waals surface area contributed by atoms with Gasteiger partial charge in [-0.15, -0.1) is 0 Å². The highest BCUT2D eigenvalue weighted by Gasteiger charge is 2.29. The van der Waals surface area contributed by atoms with Crippen LogP contribution in [-0.4, -0.2) is 21.4 Å². The van der Waals surface area contributed by atoms with Crippen LogP contribution in [0.5, 0.6) is 0 Å². The van der Waals surface area contributed by atoms with Crippen LogP contribution in [0, 0.1) is 16.3 Å². The molecule has 2 heterocycles. The second kappa shape index (κ2) is 7.43. The van der Waals surface area contributed by atoms with E-state index in [2.05, 4.69) is 32.8 Å². The molecule has 1 aliphatic rings. The van der Waals surface area contributed by atoms with Crippen molar-refractivity contribution in [3.05, 3.63) is 85.1 Å². The summed E-state index contributed by atoms with van der Waals surface area (Å²) in [5.41, 5.74) is 2.68. The van der Waals surface area contributed by atoms with E-state index in [1.54, 1.807) is 19.9 Å². The Balaban J connectivity index is 1.72. The fourth-order valence-corrected chi connectivity index (χ4v) is 3.45. The van der Waals surface area contributed by atoms with E-state index in [0.29, 0.717) is 33.9 Å². The molecule has 1 aliphatic heterocycles. The first-order chi connectivity index (χ1) is 13.8. The molecule has 146 valence electrons. The van der Waals surface area contributed by atoms with Crippen LogP contribution in [0.3, 0.4) is 0 Å². The Morgan fingerprint density at radius 3 is 2.28 bits per heavy atom. The van der Waals surface area contributed by atoms with Crippen molar-refractivity contribution >= 4 is 46.0 Å². The van der Waals surface area contributed by atoms with Gasteiger partial charge in [-0.25, -0.2) is 9.07 Å². The maximum atomic E-state index is 13.2. The SMILES string of the molecule is CC1=NN(c2ccc(I)cc2)C(=O)/C1=C/c1c(C)[nH]n(-c2ccc(F)cc2)c1=O. The number of nitrogens with zero attached hydrogens (tertiary/aromatic N) is 3. The zero-order chi connectivity index (χ0) is 20.7. The molecule has 4 rings (SSSR count). The predicted octanol–water partition coefficient (Wildman–Crippen LogP) is 4.02. The summed E-state index contributed by atoms with van der Waals surface area (Å²) in [6.07, 6.45) is 1.56. The lowest BCUT2D eigenvalue weighted by molar-refractivity contribution is -0.114. The highest BCUT2D eigenvalue weighted by Crippen LogP contribution is 2.25. The van der Waals surface area contributed by atoms with Crippen LogP contribution in [0.25, 0.3) is 11.8 Å². The lowest BCUT2D eigenvalue weighted by Crippen LogP contribution is -2.22. The molecule has 3 aromatic rings. The number of H-pyrrole nitrogens is 1. The fraction of sp³-hybridized carbons (Fsp3) is 0.0952. The van der Waals surface area contributed by atoms with Crippen LogP contribution >= 0.6 is 22.6 Å². The molecule has 1 aromatic heterocycles. The first-order valence-corrected chi connectivity index (χ1v) is 9.88. The van der Waals surface area contributed by atoms with Gasteiger partial charge in [0.05, 0.1) is 28.2 Å². The van der Waals surface area contributed by atoms with Crippen LogP contribution in [0.2, 0.25) is 0 Å². The van der Waals surface area contributed by atoms with E-state index in [0.717, 1.165) is 3.57 Å². The zero-order valence-electron chi connectivity index (χ0n) is 15.6. The monoisotopic (exact) mass is 502 g/mol. The van der Waals surface area contributed by atoms with E-state index in [4.69, 9.17) is 0 Å². The summed E-state index contributed by atoms with van der Waals surface area (Å²) >= 11 is 2.19. The maximum Gasteiger partial charge on any atom is 0.280 e. The van der Waals surface area contributed by atoms with E-state index in [-0.39, 0.29) is 17.3 Å². The first-order valence-electron chi connectivity index (χ1n) is 8.80. The number of hydrazone groups is 1. The van der Waals surface area contributed by atoms with Crippen molar-refractivity contribution in [2.75, 3.05) is 5.01 Å². The number of aromatic amines is 1. The Kier molecular flexibility index (Phi) is 4.95. The molecule has 8 heteroatoms. The number of anilines is 1. The number of carbonyl (C=O) groups excluding carboxylic acids is 1. The van der Waals surface area contributed by atoms with Gasteiger partial charge < -0.3 is 0 Å². The van der Waals surface area contributed by atoms with Crippen molar-refractivity contribution < 1.29 is 9.18 Å². The number of aryl methyl sites for hydroxylation is 1. The van der Waals surface area contributed by atoms with Crippen LogP contribution in [0.15, 0.2) is 64.0 Å².